The van der Waals surface area contributed by atoms with Crippen LogP contribution >= 0.6 is 0 Å². The first-order valence-corrected chi connectivity index (χ1v) is 6.94. The van der Waals surface area contributed by atoms with Crippen molar-refractivity contribution in [3.8, 4) is 0 Å². The van der Waals surface area contributed by atoms with Crippen molar-refractivity contribution in [2.75, 3.05) is 26.2 Å². The highest BCUT2D eigenvalue weighted by Gasteiger charge is 2.27. The molecule has 1 aliphatic rings. The minimum atomic E-state index is -0.143. The number of aliphatic hydroxyl groups excluding tert-OH is 1. The van der Waals surface area contributed by atoms with E-state index in [1.54, 1.807) is 0 Å². The van der Waals surface area contributed by atoms with E-state index in [1.807, 2.05) is 0 Å². The zero-order chi connectivity index (χ0) is 12.8. The van der Waals surface area contributed by atoms with Gasteiger partial charge in [0.15, 0.2) is 0 Å². The molecule has 2 N–H and O–H groups in total. The monoisotopic (exact) mass is 248 g/mol. The summed E-state index contributed by atoms with van der Waals surface area (Å²) in [7, 11) is 0. The average Bonchev–Trinajstić information content (AvgIpc) is 2.40. The molecule has 0 saturated carbocycles. The molecule has 0 aliphatic carbocycles. The number of rotatable bonds is 5. The van der Waals surface area contributed by atoms with Gasteiger partial charge in [0, 0.05) is 32.1 Å². The molecule has 2 atom stereocenters. The predicted molar refractivity (Wildman–Crippen MR) is 74.4 cm³/mol. The van der Waals surface area contributed by atoms with E-state index in [0.717, 1.165) is 39.1 Å². The summed E-state index contributed by atoms with van der Waals surface area (Å²) in [5.74, 6) is 0.363. The van der Waals surface area contributed by atoms with E-state index < -0.39 is 0 Å². The minimum Gasteiger partial charge on any atom is -0.393 e. The van der Waals surface area contributed by atoms with Gasteiger partial charge < -0.3 is 10.4 Å². The number of likely N-dealkylation sites (tertiary alicyclic amines) is 1. The Morgan fingerprint density at radius 3 is 2.83 bits per heavy atom. The number of benzene rings is 1. The molecule has 18 heavy (non-hydrogen) atoms. The summed E-state index contributed by atoms with van der Waals surface area (Å²) in [6, 6.07) is 10.6. The number of piperidine rings is 1. The molecule has 100 valence electrons. The molecule has 3 nitrogen and oxygen atoms in total. The second kappa shape index (κ2) is 6.88. The zero-order valence-corrected chi connectivity index (χ0v) is 11.2. The maximum absolute atomic E-state index is 10.0. The van der Waals surface area contributed by atoms with Crippen LogP contribution in [0.15, 0.2) is 30.3 Å². The Balaban J connectivity index is 1.87. The third-order valence-electron chi connectivity index (χ3n) is 3.68. The Morgan fingerprint density at radius 1 is 1.33 bits per heavy atom. The Labute approximate surface area is 110 Å². The van der Waals surface area contributed by atoms with E-state index in [-0.39, 0.29) is 6.10 Å². The molecular weight excluding hydrogens is 224 g/mol. The first kappa shape index (κ1) is 13.5. The molecule has 2 rings (SSSR count). The third-order valence-corrected chi connectivity index (χ3v) is 3.68. The fraction of sp³-hybridized carbons (Fsp3) is 0.600. The standard InChI is InChI=1S/C15H24N2O/c1-2-16-10-14-12-17(9-8-15(14)18)11-13-6-4-3-5-7-13/h3-7,14-16,18H,2,8-12H2,1H3/t14-,15+/m1/s1. The second-order valence-electron chi connectivity index (χ2n) is 5.14. The van der Waals surface area contributed by atoms with Gasteiger partial charge in [0.2, 0.25) is 0 Å². The van der Waals surface area contributed by atoms with Crippen LogP contribution in [-0.2, 0) is 6.54 Å². The molecule has 1 heterocycles. The highest BCUT2D eigenvalue weighted by molar-refractivity contribution is 5.14. The van der Waals surface area contributed by atoms with Crippen LogP contribution in [0.4, 0.5) is 0 Å². The molecule has 0 aromatic heterocycles. The number of hydrogen-bond donors (Lipinski definition) is 2. The first-order valence-electron chi connectivity index (χ1n) is 6.94. The molecule has 1 aromatic rings. The van der Waals surface area contributed by atoms with Crippen molar-refractivity contribution >= 4 is 0 Å². The van der Waals surface area contributed by atoms with Crippen LogP contribution in [0.3, 0.4) is 0 Å². The molecule has 1 fully saturated rings. The lowest BCUT2D eigenvalue weighted by atomic mass is 9.94. The van der Waals surface area contributed by atoms with E-state index in [4.69, 9.17) is 0 Å². The number of aliphatic hydroxyl groups is 1. The van der Waals surface area contributed by atoms with Crippen molar-refractivity contribution in [3.63, 3.8) is 0 Å². The summed E-state index contributed by atoms with van der Waals surface area (Å²) in [6.07, 6.45) is 0.749. The number of nitrogens with one attached hydrogen (secondary N) is 1. The summed E-state index contributed by atoms with van der Waals surface area (Å²) in [5, 5.41) is 13.4. The average molecular weight is 248 g/mol. The summed E-state index contributed by atoms with van der Waals surface area (Å²) in [5.41, 5.74) is 1.36. The van der Waals surface area contributed by atoms with Crippen LogP contribution in [0.1, 0.15) is 18.9 Å². The van der Waals surface area contributed by atoms with Crippen LogP contribution in [0, 0.1) is 5.92 Å². The summed E-state index contributed by atoms with van der Waals surface area (Å²) >= 11 is 0. The van der Waals surface area contributed by atoms with Crippen LogP contribution in [0.25, 0.3) is 0 Å². The number of hydrogen-bond acceptors (Lipinski definition) is 3. The van der Waals surface area contributed by atoms with Crippen molar-refractivity contribution in [2.45, 2.75) is 26.0 Å². The van der Waals surface area contributed by atoms with Crippen molar-refractivity contribution in [1.82, 2.24) is 10.2 Å². The maximum Gasteiger partial charge on any atom is 0.0605 e. The summed E-state index contributed by atoms with van der Waals surface area (Å²) in [4.78, 5) is 2.45. The van der Waals surface area contributed by atoms with Gasteiger partial charge in [0.25, 0.3) is 0 Å². The Bertz CT molecular complexity index is 342. The van der Waals surface area contributed by atoms with Gasteiger partial charge in [-0.25, -0.2) is 0 Å². The maximum atomic E-state index is 10.0. The van der Waals surface area contributed by atoms with Crippen molar-refractivity contribution < 1.29 is 5.11 Å². The van der Waals surface area contributed by atoms with Crippen LogP contribution in [0.5, 0.6) is 0 Å². The third kappa shape index (κ3) is 3.80. The van der Waals surface area contributed by atoms with Crippen molar-refractivity contribution in [3.05, 3.63) is 35.9 Å². The molecule has 1 saturated heterocycles. The molecule has 0 unspecified atom stereocenters. The molecule has 0 bridgehead atoms. The van der Waals surface area contributed by atoms with E-state index in [0.29, 0.717) is 5.92 Å². The number of nitrogens with zero attached hydrogens (tertiary/aromatic N) is 1. The van der Waals surface area contributed by atoms with E-state index in [1.165, 1.54) is 5.56 Å². The molecule has 3 heteroatoms. The molecule has 1 aliphatic heterocycles. The van der Waals surface area contributed by atoms with Crippen molar-refractivity contribution in [1.29, 1.82) is 0 Å². The molecule has 1 aromatic carbocycles. The van der Waals surface area contributed by atoms with Crippen LogP contribution in [0.2, 0.25) is 0 Å². The lowest BCUT2D eigenvalue weighted by Gasteiger charge is -2.36. The second-order valence-corrected chi connectivity index (χ2v) is 5.14. The fourth-order valence-electron chi connectivity index (χ4n) is 2.61. The van der Waals surface area contributed by atoms with Gasteiger partial charge in [-0.1, -0.05) is 37.3 Å². The van der Waals surface area contributed by atoms with Gasteiger partial charge in [-0.05, 0) is 18.5 Å². The van der Waals surface area contributed by atoms with E-state index in [2.05, 4.69) is 47.5 Å². The largest absolute Gasteiger partial charge is 0.393 e. The van der Waals surface area contributed by atoms with Crippen molar-refractivity contribution in [2.24, 2.45) is 5.92 Å². The summed E-state index contributed by atoms with van der Waals surface area (Å²) in [6.45, 7) is 6.99. The molecule has 0 spiro atoms. The lowest BCUT2D eigenvalue weighted by molar-refractivity contribution is 0.0243. The predicted octanol–water partition coefficient (Wildman–Crippen LogP) is 1.48. The van der Waals surface area contributed by atoms with Crippen LogP contribution in [-0.4, -0.2) is 42.3 Å². The lowest BCUT2D eigenvalue weighted by Crippen LogP contribution is -2.46. The molecule has 0 radical (unpaired) electrons. The normalized spacial score (nSPS) is 25.2. The SMILES string of the molecule is CCNC[C@@H]1CN(Cc2ccccc2)CC[C@@H]1O. The quantitative estimate of drug-likeness (QED) is 0.828. The Morgan fingerprint density at radius 2 is 2.11 bits per heavy atom. The summed E-state index contributed by atoms with van der Waals surface area (Å²) < 4.78 is 0. The Kier molecular flexibility index (Phi) is 5.17. The van der Waals surface area contributed by atoms with Gasteiger partial charge in [0.1, 0.15) is 0 Å². The topological polar surface area (TPSA) is 35.5 Å². The minimum absolute atomic E-state index is 0.143. The highest BCUT2D eigenvalue weighted by Crippen LogP contribution is 2.18. The van der Waals surface area contributed by atoms with Gasteiger partial charge in [-0.2, -0.15) is 0 Å². The van der Waals surface area contributed by atoms with Gasteiger partial charge in [-0.3, -0.25) is 4.90 Å². The zero-order valence-electron chi connectivity index (χ0n) is 11.2. The Hall–Kier alpha value is -0.900. The van der Waals surface area contributed by atoms with Crippen LogP contribution < -0.4 is 5.32 Å². The van der Waals surface area contributed by atoms with Gasteiger partial charge in [0.05, 0.1) is 6.10 Å². The van der Waals surface area contributed by atoms with E-state index >= 15 is 0 Å². The van der Waals surface area contributed by atoms with Gasteiger partial charge >= 0.3 is 0 Å². The van der Waals surface area contributed by atoms with E-state index in [9.17, 15) is 5.11 Å². The highest BCUT2D eigenvalue weighted by atomic mass is 16.3. The first-order chi connectivity index (χ1) is 8.79. The molecule has 0 amide bonds. The molecular formula is C15H24N2O. The van der Waals surface area contributed by atoms with Gasteiger partial charge in [-0.15, -0.1) is 0 Å². The smallest absolute Gasteiger partial charge is 0.0605 e. The fourth-order valence-corrected chi connectivity index (χ4v) is 2.61.